The number of fused-ring (bicyclic) bond motifs is 5. The molecule has 23 heavy (non-hydrogen) atoms. The largest absolute Gasteiger partial charge is 0.393 e. The number of aliphatic hydroxyl groups excluding tert-OH is 3. The Bertz CT molecular complexity index is 519. The van der Waals surface area contributed by atoms with E-state index < -0.39 is 12.2 Å². The zero-order valence-corrected chi connectivity index (χ0v) is 14.2. The van der Waals surface area contributed by atoms with Crippen molar-refractivity contribution in [1.82, 2.24) is 0 Å². The van der Waals surface area contributed by atoms with Gasteiger partial charge in [-0.05, 0) is 67.1 Å². The van der Waals surface area contributed by atoms with Crippen LogP contribution in [0.5, 0.6) is 0 Å². The fraction of sp³-hybridized carbons (Fsp3) is 0.947. The number of carbonyl (C=O) groups is 1. The van der Waals surface area contributed by atoms with Crippen molar-refractivity contribution in [3.05, 3.63) is 0 Å². The average molecular weight is 322 g/mol. The van der Waals surface area contributed by atoms with Crippen molar-refractivity contribution in [2.24, 2.45) is 34.5 Å². The first-order valence-corrected chi connectivity index (χ1v) is 9.34. The second-order valence-corrected chi connectivity index (χ2v) is 9.32. The minimum atomic E-state index is -0.754. The van der Waals surface area contributed by atoms with Crippen LogP contribution in [-0.4, -0.2) is 39.4 Å². The molecule has 4 fully saturated rings. The van der Waals surface area contributed by atoms with Gasteiger partial charge >= 0.3 is 0 Å². The van der Waals surface area contributed by atoms with Gasteiger partial charge in [0, 0.05) is 12.3 Å². The molecule has 4 heteroatoms. The first-order valence-electron chi connectivity index (χ1n) is 9.34. The van der Waals surface area contributed by atoms with E-state index in [1.54, 1.807) is 0 Å². The molecule has 4 rings (SSSR count). The van der Waals surface area contributed by atoms with Crippen molar-refractivity contribution in [1.29, 1.82) is 0 Å². The molecule has 130 valence electrons. The molecule has 4 nitrogen and oxygen atoms in total. The van der Waals surface area contributed by atoms with Crippen molar-refractivity contribution >= 4 is 5.78 Å². The van der Waals surface area contributed by atoms with Crippen LogP contribution in [0.25, 0.3) is 0 Å². The third kappa shape index (κ3) is 2.04. The van der Waals surface area contributed by atoms with Gasteiger partial charge in [0.2, 0.25) is 0 Å². The zero-order chi connectivity index (χ0) is 16.6. The highest BCUT2D eigenvalue weighted by Crippen LogP contribution is 2.65. The predicted molar refractivity (Wildman–Crippen MR) is 85.5 cm³/mol. The van der Waals surface area contributed by atoms with E-state index in [1.165, 1.54) is 0 Å². The quantitative estimate of drug-likeness (QED) is 0.636. The van der Waals surface area contributed by atoms with E-state index in [9.17, 15) is 20.1 Å². The predicted octanol–water partition coefficient (Wildman–Crippen LogP) is 1.90. The third-order valence-electron chi connectivity index (χ3n) is 8.43. The number of hydrogen-bond donors (Lipinski definition) is 3. The highest BCUT2D eigenvalue weighted by Gasteiger charge is 2.62. The molecule has 0 bridgehead atoms. The van der Waals surface area contributed by atoms with E-state index >= 15 is 0 Å². The molecule has 9 atom stereocenters. The molecule has 4 aliphatic carbocycles. The van der Waals surface area contributed by atoms with Crippen LogP contribution in [0.3, 0.4) is 0 Å². The van der Waals surface area contributed by atoms with Crippen molar-refractivity contribution in [3.8, 4) is 0 Å². The van der Waals surface area contributed by atoms with Gasteiger partial charge in [-0.15, -0.1) is 0 Å². The first kappa shape index (κ1) is 16.0. The Morgan fingerprint density at radius 3 is 2.39 bits per heavy atom. The molecule has 0 aromatic heterocycles. The van der Waals surface area contributed by atoms with Crippen LogP contribution in [0.15, 0.2) is 0 Å². The van der Waals surface area contributed by atoms with Crippen LogP contribution >= 0.6 is 0 Å². The van der Waals surface area contributed by atoms with Gasteiger partial charge in [-0.25, -0.2) is 0 Å². The van der Waals surface area contributed by atoms with Gasteiger partial charge in [0.25, 0.3) is 0 Å². The Hall–Kier alpha value is -0.450. The molecule has 0 heterocycles. The van der Waals surface area contributed by atoms with E-state index in [1.807, 2.05) is 0 Å². The summed E-state index contributed by atoms with van der Waals surface area (Å²) in [4.78, 5) is 12.9. The Morgan fingerprint density at radius 2 is 1.65 bits per heavy atom. The molecule has 0 spiro atoms. The average Bonchev–Trinajstić information content (AvgIpc) is 2.78. The fourth-order valence-electron chi connectivity index (χ4n) is 7.04. The topological polar surface area (TPSA) is 77.8 Å². The molecular weight excluding hydrogens is 292 g/mol. The van der Waals surface area contributed by atoms with Crippen LogP contribution in [0.2, 0.25) is 0 Å². The summed E-state index contributed by atoms with van der Waals surface area (Å²) in [6.07, 6.45) is 3.84. The van der Waals surface area contributed by atoms with Crippen molar-refractivity contribution in [2.45, 2.75) is 77.1 Å². The van der Waals surface area contributed by atoms with Gasteiger partial charge in [0.1, 0.15) is 5.78 Å². The van der Waals surface area contributed by atoms with Gasteiger partial charge < -0.3 is 15.3 Å². The SMILES string of the molecule is C[C@]12C[C@@H](O)[C@@H](O)C[C@@H]1C(=O)C[C@@H]1[C@@H]2CC[C@]2(C)[C@H](O)CC[C@@H]12. The molecule has 0 amide bonds. The standard InChI is InChI=1S/C19H30O4/c1-18-6-5-12-10(11(18)3-4-17(18)23)7-14(20)13-8-15(21)16(22)9-19(12,13)2/h10-13,15-17,21-23H,3-9H2,1-2H3/t10-,11-,12-,13+,15-,16+,17+,18-,19+/m0/s1. The number of rotatable bonds is 0. The molecule has 0 unspecified atom stereocenters. The van der Waals surface area contributed by atoms with E-state index in [-0.39, 0.29) is 28.6 Å². The zero-order valence-electron chi connectivity index (χ0n) is 14.2. The summed E-state index contributed by atoms with van der Waals surface area (Å²) in [5, 5.41) is 30.7. The smallest absolute Gasteiger partial charge is 0.136 e. The molecular formula is C19H30O4. The molecule has 0 aromatic carbocycles. The number of carbonyl (C=O) groups excluding carboxylic acids is 1. The Labute approximate surface area is 138 Å². The summed E-state index contributed by atoms with van der Waals surface area (Å²) >= 11 is 0. The minimum absolute atomic E-state index is 0.0303. The maximum atomic E-state index is 12.9. The minimum Gasteiger partial charge on any atom is -0.393 e. The van der Waals surface area contributed by atoms with Gasteiger partial charge in [-0.3, -0.25) is 4.79 Å². The van der Waals surface area contributed by atoms with E-state index in [2.05, 4.69) is 13.8 Å². The number of ketones is 1. The van der Waals surface area contributed by atoms with E-state index in [0.717, 1.165) is 25.7 Å². The highest BCUT2D eigenvalue weighted by atomic mass is 16.3. The van der Waals surface area contributed by atoms with Crippen molar-refractivity contribution in [2.75, 3.05) is 0 Å². The third-order valence-corrected chi connectivity index (χ3v) is 8.43. The summed E-state index contributed by atoms with van der Waals surface area (Å²) in [6.45, 7) is 4.39. The second kappa shape index (κ2) is 5.03. The lowest BCUT2D eigenvalue weighted by molar-refractivity contribution is -0.174. The van der Waals surface area contributed by atoms with Crippen LogP contribution in [0.4, 0.5) is 0 Å². The van der Waals surface area contributed by atoms with Crippen LogP contribution < -0.4 is 0 Å². The molecule has 3 N–H and O–H groups in total. The fourth-order valence-corrected chi connectivity index (χ4v) is 7.04. The maximum absolute atomic E-state index is 12.9. The summed E-state index contributed by atoms with van der Waals surface area (Å²) in [5.41, 5.74) is -0.217. The summed E-state index contributed by atoms with van der Waals surface area (Å²) in [6, 6.07) is 0. The lowest BCUT2D eigenvalue weighted by Crippen LogP contribution is -2.59. The Morgan fingerprint density at radius 1 is 0.957 bits per heavy atom. The highest BCUT2D eigenvalue weighted by molar-refractivity contribution is 5.83. The summed E-state index contributed by atoms with van der Waals surface area (Å²) in [7, 11) is 0. The second-order valence-electron chi connectivity index (χ2n) is 9.32. The summed E-state index contributed by atoms with van der Waals surface area (Å²) in [5.74, 6) is 1.41. The maximum Gasteiger partial charge on any atom is 0.136 e. The Kier molecular flexibility index (Phi) is 3.51. The normalized spacial score (nSPS) is 59.2. The Balaban J connectivity index is 1.69. The number of aliphatic hydroxyl groups is 3. The van der Waals surface area contributed by atoms with Crippen LogP contribution in [0, 0.1) is 34.5 Å². The number of Topliss-reactive ketones (excluding diaryl/α,β-unsaturated/α-hetero) is 1. The van der Waals surface area contributed by atoms with Crippen LogP contribution in [0.1, 0.15) is 58.8 Å². The molecule has 4 aliphatic rings. The lowest BCUT2D eigenvalue weighted by atomic mass is 9.44. The van der Waals surface area contributed by atoms with Gasteiger partial charge in [0.05, 0.1) is 18.3 Å². The van der Waals surface area contributed by atoms with E-state index in [0.29, 0.717) is 37.0 Å². The van der Waals surface area contributed by atoms with Gasteiger partial charge in [-0.1, -0.05) is 13.8 Å². The molecule has 4 saturated carbocycles. The first-order chi connectivity index (χ1) is 10.8. The monoisotopic (exact) mass is 322 g/mol. The van der Waals surface area contributed by atoms with E-state index in [4.69, 9.17) is 0 Å². The molecule has 0 aromatic rings. The lowest BCUT2D eigenvalue weighted by Gasteiger charge is -2.60. The van der Waals surface area contributed by atoms with Crippen molar-refractivity contribution in [3.63, 3.8) is 0 Å². The van der Waals surface area contributed by atoms with Crippen molar-refractivity contribution < 1.29 is 20.1 Å². The summed E-state index contributed by atoms with van der Waals surface area (Å²) < 4.78 is 0. The molecule has 0 aliphatic heterocycles. The number of hydrogen-bond acceptors (Lipinski definition) is 4. The molecule has 0 radical (unpaired) electrons. The molecule has 0 saturated heterocycles. The van der Waals surface area contributed by atoms with Gasteiger partial charge in [-0.2, -0.15) is 0 Å². The van der Waals surface area contributed by atoms with Gasteiger partial charge in [0.15, 0.2) is 0 Å². The van der Waals surface area contributed by atoms with Crippen LogP contribution in [-0.2, 0) is 4.79 Å².